The van der Waals surface area contributed by atoms with Gasteiger partial charge in [-0.3, -0.25) is 0 Å². The highest BCUT2D eigenvalue weighted by Crippen LogP contribution is 2.43. The minimum absolute atomic E-state index is 0.130. The van der Waals surface area contributed by atoms with Gasteiger partial charge in [0.1, 0.15) is 22.8 Å². The minimum atomic E-state index is -2.93. The fourth-order valence-corrected chi connectivity index (χ4v) is 5.03. The molecule has 34 heavy (non-hydrogen) atoms. The zero-order valence-electron chi connectivity index (χ0n) is 18.1. The number of aromatic nitrogens is 4. The van der Waals surface area contributed by atoms with Crippen LogP contribution in [0.15, 0.2) is 48.9 Å². The molecule has 1 aromatic carbocycles. The van der Waals surface area contributed by atoms with Crippen LogP contribution in [0, 0.1) is 5.82 Å². The Balaban J connectivity index is 1.43. The SMILES string of the molecule is OC1(c2ncc(-c3cn4c5c(nc4cc3F)CC[C@@H]5c3ccccc3OC(F)F)cn2)CCC1. The van der Waals surface area contributed by atoms with Crippen molar-refractivity contribution in [2.45, 2.75) is 50.2 Å². The summed E-state index contributed by atoms with van der Waals surface area (Å²) in [6.45, 7) is -2.93. The standard InChI is InChI=1S/C25H21F3N4O2/c26-18-10-21-31-19-7-6-16(15-4-1-2-5-20(15)34-24(27)28)22(19)32(21)13-17(18)14-11-29-23(30-12-14)25(33)8-3-9-25/h1-2,4-5,10-13,16,24,33H,3,6-9H2/t16-/m1/s1. The van der Waals surface area contributed by atoms with Gasteiger partial charge in [0.15, 0.2) is 5.82 Å². The number of halogens is 3. The normalized spacial score (nSPS) is 18.8. The zero-order chi connectivity index (χ0) is 23.4. The van der Waals surface area contributed by atoms with Crippen LogP contribution >= 0.6 is 0 Å². The van der Waals surface area contributed by atoms with E-state index in [4.69, 9.17) is 4.74 Å². The summed E-state index contributed by atoms with van der Waals surface area (Å²) in [5, 5.41) is 10.5. The van der Waals surface area contributed by atoms with Gasteiger partial charge in [0.05, 0.1) is 11.4 Å². The molecule has 0 bridgehead atoms. The van der Waals surface area contributed by atoms with E-state index in [-0.39, 0.29) is 11.7 Å². The third-order valence-electron chi connectivity index (χ3n) is 6.89. The summed E-state index contributed by atoms with van der Waals surface area (Å²) in [4.78, 5) is 13.2. The molecule has 0 amide bonds. The van der Waals surface area contributed by atoms with E-state index < -0.39 is 18.0 Å². The molecule has 4 aromatic rings. The van der Waals surface area contributed by atoms with Crippen molar-refractivity contribution >= 4 is 5.65 Å². The van der Waals surface area contributed by atoms with Gasteiger partial charge in [-0.25, -0.2) is 19.3 Å². The molecule has 174 valence electrons. The van der Waals surface area contributed by atoms with Crippen molar-refractivity contribution in [1.29, 1.82) is 0 Å². The van der Waals surface area contributed by atoms with E-state index in [1.807, 2.05) is 4.40 Å². The molecule has 0 aliphatic heterocycles. The number of aliphatic hydroxyl groups is 1. The minimum Gasteiger partial charge on any atom is -0.435 e. The Morgan fingerprint density at radius 1 is 1.15 bits per heavy atom. The van der Waals surface area contributed by atoms with Gasteiger partial charge >= 0.3 is 6.61 Å². The summed E-state index contributed by atoms with van der Waals surface area (Å²) in [6, 6.07) is 8.11. The first-order valence-electron chi connectivity index (χ1n) is 11.2. The van der Waals surface area contributed by atoms with Gasteiger partial charge in [0.2, 0.25) is 0 Å². The van der Waals surface area contributed by atoms with E-state index in [2.05, 4.69) is 15.0 Å². The van der Waals surface area contributed by atoms with Crippen LogP contribution in [0.2, 0.25) is 0 Å². The first kappa shape index (κ1) is 21.1. The Bertz CT molecular complexity index is 1380. The van der Waals surface area contributed by atoms with Gasteiger partial charge in [-0.05, 0) is 38.2 Å². The van der Waals surface area contributed by atoms with Gasteiger partial charge in [0, 0.05) is 47.3 Å². The second kappa shape index (κ2) is 7.80. The van der Waals surface area contributed by atoms with Crippen LogP contribution < -0.4 is 4.74 Å². The van der Waals surface area contributed by atoms with Crippen molar-refractivity contribution in [2.75, 3.05) is 0 Å². The fourth-order valence-electron chi connectivity index (χ4n) is 5.03. The smallest absolute Gasteiger partial charge is 0.387 e. The monoisotopic (exact) mass is 466 g/mol. The van der Waals surface area contributed by atoms with E-state index in [1.54, 1.807) is 24.4 Å². The van der Waals surface area contributed by atoms with Gasteiger partial charge in [-0.1, -0.05) is 18.2 Å². The Morgan fingerprint density at radius 3 is 2.62 bits per heavy atom. The summed E-state index contributed by atoms with van der Waals surface area (Å²) in [6.07, 6.45) is 8.18. The van der Waals surface area contributed by atoms with Crippen molar-refractivity contribution in [3.8, 4) is 16.9 Å². The molecule has 3 aromatic heterocycles. The summed E-state index contributed by atoms with van der Waals surface area (Å²) >= 11 is 0. The number of hydrogen-bond donors (Lipinski definition) is 1. The predicted octanol–water partition coefficient (Wildman–Crippen LogP) is 4.98. The van der Waals surface area contributed by atoms with Crippen LogP contribution in [0.4, 0.5) is 13.2 Å². The number of rotatable bonds is 5. The van der Waals surface area contributed by atoms with Crippen LogP contribution in [-0.2, 0) is 12.0 Å². The lowest BCUT2D eigenvalue weighted by Gasteiger charge is -2.34. The van der Waals surface area contributed by atoms with E-state index in [9.17, 15) is 13.9 Å². The van der Waals surface area contributed by atoms with Crippen molar-refractivity contribution in [3.05, 3.63) is 77.5 Å². The Hall–Kier alpha value is -3.46. The maximum atomic E-state index is 15.0. The van der Waals surface area contributed by atoms with E-state index >= 15 is 4.39 Å². The molecule has 0 radical (unpaired) electrons. The lowest BCUT2D eigenvalue weighted by atomic mass is 9.79. The molecular weight excluding hydrogens is 445 g/mol. The Morgan fingerprint density at radius 2 is 1.91 bits per heavy atom. The van der Waals surface area contributed by atoms with Crippen molar-refractivity contribution in [2.24, 2.45) is 0 Å². The quantitative estimate of drug-likeness (QED) is 0.449. The molecule has 0 saturated heterocycles. The number of alkyl halides is 2. The molecule has 0 unspecified atom stereocenters. The average molecular weight is 466 g/mol. The maximum Gasteiger partial charge on any atom is 0.387 e. The Labute approximate surface area is 193 Å². The number of imidazole rings is 1. The Kier molecular flexibility index (Phi) is 4.84. The second-order valence-electron chi connectivity index (χ2n) is 8.90. The number of hydrogen-bond acceptors (Lipinski definition) is 5. The molecule has 6 rings (SSSR count). The third kappa shape index (κ3) is 3.34. The summed E-state index contributed by atoms with van der Waals surface area (Å²) < 4.78 is 47.6. The molecule has 2 aliphatic rings. The highest BCUT2D eigenvalue weighted by molar-refractivity contribution is 5.65. The largest absolute Gasteiger partial charge is 0.435 e. The van der Waals surface area contributed by atoms with Crippen LogP contribution in [0.25, 0.3) is 16.8 Å². The summed E-state index contributed by atoms with van der Waals surface area (Å²) in [5.74, 6) is -0.202. The lowest BCUT2D eigenvalue weighted by Crippen LogP contribution is -2.35. The molecule has 1 fully saturated rings. The number of para-hydroxylation sites is 1. The number of benzene rings is 1. The number of fused-ring (bicyclic) bond motifs is 3. The molecule has 1 N–H and O–H groups in total. The van der Waals surface area contributed by atoms with E-state index in [1.165, 1.54) is 24.5 Å². The number of aryl methyl sites for hydroxylation is 1. The summed E-state index contributed by atoms with van der Waals surface area (Å²) in [5.41, 5.74) is 2.52. The second-order valence-corrected chi connectivity index (χ2v) is 8.90. The predicted molar refractivity (Wildman–Crippen MR) is 117 cm³/mol. The zero-order valence-corrected chi connectivity index (χ0v) is 18.1. The molecule has 3 heterocycles. The van der Waals surface area contributed by atoms with Crippen LogP contribution in [0.1, 0.15) is 54.4 Å². The molecule has 9 heteroatoms. The maximum absolute atomic E-state index is 15.0. The van der Waals surface area contributed by atoms with Gasteiger partial charge < -0.3 is 14.2 Å². The van der Waals surface area contributed by atoms with Crippen molar-refractivity contribution in [3.63, 3.8) is 0 Å². The van der Waals surface area contributed by atoms with Crippen molar-refractivity contribution in [1.82, 2.24) is 19.4 Å². The molecule has 1 atom stereocenters. The number of pyridine rings is 1. The molecule has 0 spiro atoms. The lowest BCUT2D eigenvalue weighted by molar-refractivity contribution is -0.0506. The third-order valence-corrected chi connectivity index (χ3v) is 6.89. The van der Waals surface area contributed by atoms with Crippen LogP contribution in [-0.4, -0.2) is 31.1 Å². The topological polar surface area (TPSA) is 72.5 Å². The number of nitrogens with zero attached hydrogens (tertiary/aromatic N) is 4. The average Bonchev–Trinajstić information content (AvgIpc) is 3.36. The fraction of sp³-hybridized carbons (Fsp3) is 0.320. The first-order valence-corrected chi connectivity index (χ1v) is 11.2. The van der Waals surface area contributed by atoms with E-state index in [0.29, 0.717) is 53.8 Å². The highest BCUT2D eigenvalue weighted by atomic mass is 19.3. The number of ether oxygens (including phenoxy) is 1. The first-order chi connectivity index (χ1) is 16.4. The van der Waals surface area contributed by atoms with E-state index in [0.717, 1.165) is 17.8 Å². The van der Waals surface area contributed by atoms with Crippen LogP contribution in [0.3, 0.4) is 0 Å². The van der Waals surface area contributed by atoms with Crippen LogP contribution in [0.5, 0.6) is 5.75 Å². The van der Waals surface area contributed by atoms with Gasteiger partial charge in [0.25, 0.3) is 0 Å². The summed E-state index contributed by atoms with van der Waals surface area (Å²) in [7, 11) is 0. The van der Waals surface area contributed by atoms with Crippen molar-refractivity contribution < 1.29 is 23.0 Å². The molecule has 2 aliphatic carbocycles. The molecular formula is C25H21F3N4O2. The van der Waals surface area contributed by atoms with Gasteiger partial charge in [-0.2, -0.15) is 8.78 Å². The highest BCUT2D eigenvalue weighted by Gasteiger charge is 2.39. The molecule has 6 nitrogen and oxygen atoms in total. The van der Waals surface area contributed by atoms with Gasteiger partial charge in [-0.15, -0.1) is 0 Å². The molecule has 1 saturated carbocycles.